The van der Waals surface area contributed by atoms with E-state index in [2.05, 4.69) is 4.99 Å². The Morgan fingerprint density at radius 1 is 1.03 bits per heavy atom. The molecule has 38 heavy (non-hydrogen) atoms. The van der Waals surface area contributed by atoms with E-state index in [-0.39, 0.29) is 24.6 Å². The zero-order chi connectivity index (χ0) is 27.2. The molecule has 2 heterocycles. The molecule has 196 valence electrons. The van der Waals surface area contributed by atoms with E-state index >= 15 is 0 Å². The summed E-state index contributed by atoms with van der Waals surface area (Å²) >= 11 is 1.24. The van der Waals surface area contributed by atoms with Gasteiger partial charge in [-0.15, -0.1) is 0 Å². The number of aliphatic imine (C=N–C) groups is 1. The maximum absolute atomic E-state index is 13.1. The van der Waals surface area contributed by atoms with Crippen molar-refractivity contribution in [2.45, 2.75) is 33.8 Å². The Kier molecular flexibility index (Phi) is 8.48. The summed E-state index contributed by atoms with van der Waals surface area (Å²) in [5, 5.41) is 0.514. The maximum Gasteiger partial charge on any atom is 0.338 e. The van der Waals surface area contributed by atoms with Crippen molar-refractivity contribution in [3.05, 3.63) is 82.5 Å². The van der Waals surface area contributed by atoms with Gasteiger partial charge >= 0.3 is 11.9 Å². The van der Waals surface area contributed by atoms with Crippen LogP contribution < -0.4 is 0 Å². The predicted molar refractivity (Wildman–Crippen MR) is 147 cm³/mol. The van der Waals surface area contributed by atoms with Crippen LogP contribution in [0.4, 0.5) is 5.69 Å². The lowest BCUT2D eigenvalue weighted by Gasteiger charge is -2.12. The van der Waals surface area contributed by atoms with Crippen molar-refractivity contribution in [3.63, 3.8) is 0 Å². The lowest BCUT2D eigenvalue weighted by Crippen LogP contribution is -2.28. The third-order valence-corrected chi connectivity index (χ3v) is 6.44. The number of ether oxygens (including phenoxy) is 2. The van der Waals surface area contributed by atoms with Crippen LogP contribution in [0, 0.1) is 0 Å². The second kappa shape index (κ2) is 12.0. The van der Waals surface area contributed by atoms with E-state index in [0.717, 1.165) is 5.56 Å². The summed E-state index contributed by atoms with van der Waals surface area (Å²) in [6, 6.07) is 17.3. The number of carbonyl (C=O) groups excluding carboxylic acids is 3. The van der Waals surface area contributed by atoms with Crippen LogP contribution in [0.5, 0.6) is 0 Å². The number of hydrogen-bond acceptors (Lipinski definition) is 8. The molecule has 3 aromatic rings. The molecule has 0 saturated carbocycles. The van der Waals surface area contributed by atoms with Gasteiger partial charge in [-0.25, -0.2) is 14.6 Å². The van der Waals surface area contributed by atoms with Gasteiger partial charge in [0.05, 0.1) is 34.4 Å². The van der Waals surface area contributed by atoms with Gasteiger partial charge in [0.25, 0.3) is 5.91 Å². The lowest BCUT2D eigenvalue weighted by molar-refractivity contribution is -0.122. The monoisotopic (exact) mass is 532 g/mol. The zero-order valence-electron chi connectivity index (χ0n) is 21.6. The molecule has 0 aliphatic carbocycles. The number of amidine groups is 1. The van der Waals surface area contributed by atoms with Crippen molar-refractivity contribution in [1.29, 1.82) is 0 Å². The molecule has 0 atom stereocenters. The molecule has 1 aliphatic rings. The molecule has 2 aromatic carbocycles. The Bertz CT molecular complexity index is 1400. The van der Waals surface area contributed by atoms with Crippen LogP contribution in [0.1, 0.15) is 54.2 Å². The van der Waals surface area contributed by atoms with Crippen molar-refractivity contribution in [2.24, 2.45) is 4.99 Å². The highest BCUT2D eigenvalue weighted by Crippen LogP contribution is 2.35. The molecule has 1 amide bonds. The summed E-state index contributed by atoms with van der Waals surface area (Å²) < 4.78 is 16.2. The number of hydrogen-bond donors (Lipinski definition) is 0. The van der Waals surface area contributed by atoms with E-state index in [9.17, 15) is 14.4 Å². The summed E-state index contributed by atoms with van der Waals surface area (Å²) in [7, 11) is 0. The normalized spacial score (nSPS) is 15.5. The van der Waals surface area contributed by atoms with Gasteiger partial charge in [0, 0.05) is 18.2 Å². The molecule has 0 radical (unpaired) electrons. The fraction of sp³-hybridized carbons (Fsp3) is 0.241. The molecule has 0 spiro atoms. The van der Waals surface area contributed by atoms with E-state index in [1.165, 1.54) is 11.8 Å². The number of thioether (sulfide) groups is 1. The third-order valence-electron chi connectivity index (χ3n) is 5.43. The molecule has 1 fully saturated rings. The van der Waals surface area contributed by atoms with Crippen LogP contribution >= 0.6 is 11.8 Å². The standard InChI is InChI=1S/C29H28N2O6S/c1-5-31-26(32)25(38-29(31)30-22-9-7-8-21(16-22)27(33)35-6-2)17-23-14-15-24(37-23)19-10-12-20(13-11-19)28(34)36-18(3)4/h7-18H,5-6H2,1-4H3. The van der Waals surface area contributed by atoms with E-state index in [4.69, 9.17) is 13.9 Å². The van der Waals surface area contributed by atoms with Gasteiger partial charge in [-0.05, 0) is 81.9 Å². The Hall–Kier alpha value is -4.11. The summed E-state index contributed by atoms with van der Waals surface area (Å²) in [5.41, 5.74) is 2.20. The number of likely N-dealkylation sites (N-methyl/N-ethyl adjacent to an activating group) is 1. The largest absolute Gasteiger partial charge is 0.462 e. The fourth-order valence-corrected chi connectivity index (χ4v) is 4.71. The molecule has 1 saturated heterocycles. The topological polar surface area (TPSA) is 98.4 Å². The number of nitrogens with zero attached hydrogens (tertiary/aromatic N) is 2. The van der Waals surface area contributed by atoms with Crippen LogP contribution in [0.25, 0.3) is 17.4 Å². The van der Waals surface area contributed by atoms with Crippen molar-refractivity contribution < 1.29 is 28.3 Å². The van der Waals surface area contributed by atoms with Crippen molar-refractivity contribution in [3.8, 4) is 11.3 Å². The minimum atomic E-state index is -0.420. The Balaban J connectivity index is 1.53. The minimum Gasteiger partial charge on any atom is -0.462 e. The molecule has 0 N–H and O–H groups in total. The van der Waals surface area contributed by atoms with Gasteiger partial charge in [-0.1, -0.05) is 18.2 Å². The molecule has 4 rings (SSSR count). The summed E-state index contributed by atoms with van der Waals surface area (Å²) in [4.78, 5) is 43.9. The van der Waals surface area contributed by atoms with Gasteiger partial charge in [0.2, 0.25) is 0 Å². The molecule has 0 bridgehead atoms. The number of carbonyl (C=O) groups is 3. The highest BCUT2D eigenvalue weighted by molar-refractivity contribution is 8.18. The van der Waals surface area contributed by atoms with Crippen LogP contribution in [0.3, 0.4) is 0 Å². The van der Waals surface area contributed by atoms with Gasteiger partial charge < -0.3 is 13.9 Å². The summed E-state index contributed by atoms with van der Waals surface area (Å²) in [6.07, 6.45) is 1.49. The lowest BCUT2D eigenvalue weighted by atomic mass is 10.1. The SMILES string of the molecule is CCOC(=O)c1cccc(N=C2SC(=Cc3ccc(-c4ccc(C(=O)OC(C)C)cc4)o3)C(=O)N2CC)c1. The summed E-state index contributed by atoms with van der Waals surface area (Å²) in [5.74, 6) is 0.146. The Labute approximate surface area is 225 Å². The second-order valence-corrected chi connectivity index (χ2v) is 9.57. The van der Waals surface area contributed by atoms with Crippen molar-refractivity contribution in [2.75, 3.05) is 13.2 Å². The molecular weight excluding hydrogens is 504 g/mol. The smallest absolute Gasteiger partial charge is 0.338 e. The molecule has 9 heteroatoms. The van der Waals surface area contributed by atoms with E-state index in [1.807, 2.05) is 13.0 Å². The minimum absolute atomic E-state index is 0.177. The first-order chi connectivity index (χ1) is 18.3. The molecule has 8 nitrogen and oxygen atoms in total. The van der Waals surface area contributed by atoms with Crippen molar-refractivity contribution in [1.82, 2.24) is 4.90 Å². The van der Waals surface area contributed by atoms with Crippen LogP contribution in [0.2, 0.25) is 0 Å². The van der Waals surface area contributed by atoms with Gasteiger partial charge in [0.1, 0.15) is 11.5 Å². The summed E-state index contributed by atoms with van der Waals surface area (Å²) in [6.45, 7) is 7.95. The van der Waals surface area contributed by atoms with E-state index in [0.29, 0.717) is 45.0 Å². The average Bonchev–Trinajstić information content (AvgIpc) is 3.48. The molecular formula is C29H28N2O6S. The fourth-order valence-electron chi connectivity index (χ4n) is 3.66. The number of benzene rings is 2. The number of rotatable bonds is 8. The number of amides is 1. The van der Waals surface area contributed by atoms with Gasteiger partial charge in [-0.3, -0.25) is 9.69 Å². The maximum atomic E-state index is 13.1. The van der Waals surface area contributed by atoms with Crippen LogP contribution in [-0.2, 0) is 14.3 Å². The third kappa shape index (κ3) is 6.23. The van der Waals surface area contributed by atoms with Crippen molar-refractivity contribution >= 4 is 46.5 Å². The van der Waals surface area contributed by atoms with E-state index in [1.54, 1.807) is 86.3 Å². The molecule has 1 aliphatic heterocycles. The number of esters is 2. The average molecular weight is 533 g/mol. The zero-order valence-corrected chi connectivity index (χ0v) is 22.4. The first-order valence-corrected chi connectivity index (χ1v) is 13.1. The second-order valence-electron chi connectivity index (χ2n) is 8.56. The molecule has 0 unspecified atom stereocenters. The predicted octanol–water partition coefficient (Wildman–Crippen LogP) is 6.31. The van der Waals surface area contributed by atoms with E-state index < -0.39 is 5.97 Å². The number of furan rings is 1. The first-order valence-electron chi connectivity index (χ1n) is 12.3. The highest BCUT2D eigenvalue weighted by Gasteiger charge is 2.32. The Morgan fingerprint density at radius 3 is 2.47 bits per heavy atom. The molecule has 1 aromatic heterocycles. The van der Waals surface area contributed by atoms with Gasteiger partial charge in [-0.2, -0.15) is 0 Å². The van der Waals surface area contributed by atoms with Crippen LogP contribution in [-0.4, -0.2) is 47.2 Å². The quantitative estimate of drug-likeness (QED) is 0.248. The first kappa shape index (κ1) is 26.9. The van der Waals surface area contributed by atoms with Gasteiger partial charge in [0.15, 0.2) is 5.17 Å². The highest BCUT2D eigenvalue weighted by atomic mass is 32.2. The Morgan fingerprint density at radius 2 is 1.79 bits per heavy atom. The van der Waals surface area contributed by atoms with Crippen LogP contribution in [0.15, 0.2) is 75.0 Å².